The Bertz CT molecular complexity index is 2930. The van der Waals surface area contributed by atoms with Gasteiger partial charge in [-0.1, -0.05) is 119 Å². The summed E-state index contributed by atoms with van der Waals surface area (Å²) in [7, 11) is 0. The molecular weight excluding hydrogens is 609 g/mol. The highest BCUT2D eigenvalue weighted by molar-refractivity contribution is 6.15. The molecule has 0 radical (unpaired) electrons. The van der Waals surface area contributed by atoms with Gasteiger partial charge >= 0.3 is 0 Å². The zero-order valence-corrected chi connectivity index (χ0v) is 28.5. The largest absolute Gasteiger partial charge is 0.456 e. The number of rotatable bonds is 2. The molecule has 0 amide bonds. The maximum Gasteiger partial charge on any atom is 0.139 e. The minimum Gasteiger partial charge on any atom is -0.456 e. The Morgan fingerprint density at radius 3 is 1.84 bits per heavy atom. The number of benzene rings is 7. The summed E-state index contributed by atoms with van der Waals surface area (Å²) in [5.41, 5.74) is 19.4. The maximum atomic E-state index is 6.33. The first-order chi connectivity index (χ1) is 24.3. The molecular formula is C48H34O2. The van der Waals surface area contributed by atoms with Gasteiger partial charge in [0.2, 0.25) is 0 Å². The van der Waals surface area contributed by atoms with E-state index in [9.17, 15) is 0 Å². The molecule has 9 aromatic rings. The van der Waals surface area contributed by atoms with E-state index in [1.54, 1.807) is 0 Å². The predicted molar refractivity (Wildman–Crippen MR) is 207 cm³/mol. The van der Waals surface area contributed by atoms with Gasteiger partial charge in [0, 0.05) is 38.4 Å². The van der Waals surface area contributed by atoms with Gasteiger partial charge in [0.1, 0.15) is 22.3 Å². The topological polar surface area (TPSA) is 26.3 Å². The zero-order valence-electron chi connectivity index (χ0n) is 28.5. The van der Waals surface area contributed by atoms with Gasteiger partial charge in [0.25, 0.3) is 0 Å². The van der Waals surface area contributed by atoms with Crippen LogP contribution < -0.4 is 0 Å². The first-order valence-electron chi connectivity index (χ1n) is 17.6. The van der Waals surface area contributed by atoms with Crippen LogP contribution >= 0.6 is 0 Å². The summed E-state index contributed by atoms with van der Waals surface area (Å²) >= 11 is 0. The van der Waals surface area contributed by atoms with Crippen molar-refractivity contribution in [3.63, 3.8) is 0 Å². The van der Waals surface area contributed by atoms with E-state index >= 15 is 0 Å². The van der Waals surface area contributed by atoms with Crippen LogP contribution in [0.4, 0.5) is 0 Å². The van der Waals surface area contributed by atoms with E-state index in [1.807, 2.05) is 18.2 Å². The lowest BCUT2D eigenvalue weighted by Gasteiger charge is -2.26. The van der Waals surface area contributed by atoms with Gasteiger partial charge in [-0.05, 0) is 103 Å². The minimum absolute atomic E-state index is 0.0539. The van der Waals surface area contributed by atoms with Crippen LogP contribution in [-0.2, 0) is 10.8 Å². The van der Waals surface area contributed by atoms with Crippen LogP contribution in [0.15, 0.2) is 142 Å². The van der Waals surface area contributed by atoms with Crippen molar-refractivity contribution in [1.29, 1.82) is 0 Å². The Kier molecular flexibility index (Phi) is 5.28. The molecule has 11 rings (SSSR count). The third kappa shape index (κ3) is 3.58. The Labute approximate surface area is 290 Å². The number of hydrogen-bond acceptors (Lipinski definition) is 2. The molecule has 0 saturated heterocycles. The van der Waals surface area contributed by atoms with E-state index < -0.39 is 0 Å². The summed E-state index contributed by atoms with van der Waals surface area (Å²) in [5.74, 6) is 0. The highest BCUT2D eigenvalue weighted by atomic mass is 16.3. The van der Waals surface area contributed by atoms with E-state index in [0.717, 1.165) is 43.9 Å². The Hall–Kier alpha value is -5.86. The molecule has 0 unspecified atom stereocenters. The minimum atomic E-state index is -0.0999. The summed E-state index contributed by atoms with van der Waals surface area (Å²) in [5, 5.41) is 4.46. The van der Waals surface area contributed by atoms with E-state index in [1.165, 1.54) is 66.8 Å². The second-order valence-corrected chi connectivity index (χ2v) is 15.3. The van der Waals surface area contributed by atoms with Crippen molar-refractivity contribution in [3.8, 4) is 44.5 Å². The molecule has 0 bridgehead atoms. The van der Waals surface area contributed by atoms with Gasteiger partial charge in [-0.3, -0.25) is 0 Å². The van der Waals surface area contributed by atoms with Gasteiger partial charge in [0.15, 0.2) is 0 Å². The fraction of sp³-hybridized carbons (Fsp3) is 0.125. The van der Waals surface area contributed by atoms with Crippen molar-refractivity contribution < 1.29 is 8.83 Å². The molecule has 7 aromatic carbocycles. The molecule has 2 heterocycles. The molecule has 2 aromatic heterocycles. The third-order valence-corrected chi connectivity index (χ3v) is 11.9. The predicted octanol–water partition coefficient (Wildman–Crippen LogP) is 13.4. The molecule has 238 valence electrons. The standard InChI is InChI=1S/C48H34O2/c1-47(2)39-20-19-33-31-12-5-7-14-38(31)48(3,4)46(33)45(39)34-18-16-30(24-40(34)47)28-11-9-10-27(22-28)29-17-21-42-35(23-29)37-25-36-32-13-6-8-15-41(32)49-43(36)26-44(37)50-42/h5-26H,1-4H3. The Morgan fingerprint density at radius 1 is 0.360 bits per heavy atom. The molecule has 0 spiro atoms. The van der Waals surface area contributed by atoms with Crippen LogP contribution in [0.2, 0.25) is 0 Å². The SMILES string of the molecule is CC1(C)c2cc(-c3cccc(-c4ccc5oc6cc7oc8ccccc8c7cc6c5c4)c3)ccc2-c2c1ccc1c2C(C)(C)c2ccccc2-1. The Balaban J connectivity index is 1.02. The summed E-state index contributed by atoms with van der Waals surface area (Å²) < 4.78 is 12.5. The van der Waals surface area contributed by atoms with Crippen LogP contribution in [0, 0.1) is 0 Å². The van der Waals surface area contributed by atoms with Crippen molar-refractivity contribution in [2.24, 2.45) is 0 Å². The highest BCUT2D eigenvalue weighted by Crippen LogP contribution is 2.59. The normalized spacial score (nSPS) is 15.1. The lowest BCUT2D eigenvalue weighted by Crippen LogP contribution is -2.18. The molecule has 0 N–H and O–H groups in total. The molecule has 0 aliphatic heterocycles. The van der Waals surface area contributed by atoms with Gasteiger partial charge in [0.05, 0.1) is 0 Å². The van der Waals surface area contributed by atoms with Crippen molar-refractivity contribution in [2.45, 2.75) is 38.5 Å². The average molecular weight is 643 g/mol. The number of hydrogen-bond donors (Lipinski definition) is 0. The van der Waals surface area contributed by atoms with Crippen LogP contribution in [0.1, 0.15) is 49.9 Å². The summed E-state index contributed by atoms with van der Waals surface area (Å²) in [6.45, 7) is 9.58. The smallest absolute Gasteiger partial charge is 0.139 e. The fourth-order valence-electron chi connectivity index (χ4n) is 9.33. The van der Waals surface area contributed by atoms with Crippen molar-refractivity contribution in [1.82, 2.24) is 0 Å². The molecule has 2 nitrogen and oxygen atoms in total. The van der Waals surface area contributed by atoms with Crippen LogP contribution in [0.5, 0.6) is 0 Å². The number of furan rings is 2. The van der Waals surface area contributed by atoms with Gasteiger partial charge in [-0.15, -0.1) is 0 Å². The molecule has 0 fully saturated rings. The first kappa shape index (κ1) is 28.0. The van der Waals surface area contributed by atoms with Gasteiger partial charge in [-0.25, -0.2) is 0 Å². The maximum absolute atomic E-state index is 6.33. The van der Waals surface area contributed by atoms with E-state index in [4.69, 9.17) is 8.83 Å². The summed E-state index contributed by atoms with van der Waals surface area (Å²) in [6, 6.07) is 48.9. The van der Waals surface area contributed by atoms with Crippen molar-refractivity contribution >= 4 is 43.9 Å². The highest BCUT2D eigenvalue weighted by Gasteiger charge is 2.44. The molecule has 2 heteroatoms. The molecule has 0 atom stereocenters. The van der Waals surface area contributed by atoms with Gasteiger partial charge < -0.3 is 8.83 Å². The van der Waals surface area contributed by atoms with E-state index in [2.05, 4.69) is 143 Å². The van der Waals surface area contributed by atoms with E-state index in [-0.39, 0.29) is 10.8 Å². The Morgan fingerprint density at radius 2 is 1.00 bits per heavy atom. The van der Waals surface area contributed by atoms with Crippen LogP contribution in [0.3, 0.4) is 0 Å². The summed E-state index contributed by atoms with van der Waals surface area (Å²) in [4.78, 5) is 0. The lowest BCUT2D eigenvalue weighted by atomic mass is 9.77. The van der Waals surface area contributed by atoms with Crippen molar-refractivity contribution in [3.05, 3.63) is 156 Å². The fourth-order valence-corrected chi connectivity index (χ4v) is 9.33. The third-order valence-electron chi connectivity index (χ3n) is 11.9. The van der Waals surface area contributed by atoms with E-state index in [0.29, 0.717) is 0 Å². The van der Waals surface area contributed by atoms with Crippen molar-refractivity contribution in [2.75, 3.05) is 0 Å². The van der Waals surface area contributed by atoms with Crippen LogP contribution in [0.25, 0.3) is 88.4 Å². The number of para-hydroxylation sites is 1. The zero-order chi connectivity index (χ0) is 33.5. The quantitative estimate of drug-likeness (QED) is 0.188. The lowest BCUT2D eigenvalue weighted by molar-refractivity contribution is 0.647. The number of fused-ring (bicyclic) bond motifs is 13. The van der Waals surface area contributed by atoms with Crippen LogP contribution in [-0.4, -0.2) is 0 Å². The van der Waals surface area contributed by atoms with Gasteiger partial charge in [-0.2, -0.15) is 0 Å². The molecule has 2 aliphatic rings. The molecule has 2 aliphatic carbocycles. The first-order valence-corrected chi connectivity index (χ1v) is 17.6. The second kappa shape index (κ2) is 9.43. The second-order valence-electron chi connectivity index (χ2n) is 15.3. The monoisotopic (exact) mass is 642 g/mol. The molecule has 50 heavy (non-hydrogen) atoms. The summed E-state index contributed by atoms with van der Waals surface area (Å²) in [6.07, 6.45) is 0. The molecule has 0 saturated carbocycles. The average Bonchev–Trinajstić information content (AvgIpc) is 3.82.